The Balaban J connectivity index is 1.47. The van der Waals surface area contributed by atoms with Gasteiger partial charge in [0.25, 0.3) is 0 Å². The molecule has 2 heterocycles. The highest BCUT2D eigenvalue weighted by Crippen LogP contribution is 2.38. The number of hydrogen-bond acceptors (Lipinski definition) is 0. The lowest BCUT2D eigenvalue weighted by atomic mass is 10.1. The zero-order chi connectivity index (χ0) is 26.1. The van der Waals surface area contributed by atoms with Gasteiger partial charge in [0.1, 0.15) is 0 Å². The van der Waals surface area contributed by atoms with Gasteiger partial charge >= 0.3 is 0 Å². The van der Waals surface area contributed by atoms with E-state index in [1.54, 1.807) is 0 Å². The zero-order valence-electron chi connectivity index (χ0n) is 21.7. The maximum atomic E-state index is 4.12. The van der Waals surface area contributed by atoms with Crippen LogP contribution in [0.15, 0.2) is 134 Å². The molecule has 0 spiro atoms. The van der Waals surface area contributed by atoms with E-state index >= 15 is 0 Å². The SMILES string of the molecule is C=C(C)c1ccc(-n2c3ccc(-n4c5ccccc5c5ccccc54)cc3c3cc4ccccc4cc32)cc1. The molecule has 0 aliphatic carbocycles. The van der Waals surface area contributed by atoms with Crippen LogP contribution in [0.4, 0.5) is 0 Å². The Labute approximate surface area is 226 Å². The average molecular weight is 499 g/mol. The molecule has 0 saturated heterocycles. The van der Waals surface area contributed by atoms with Gasteiger partial charge in [-0.1, -0.05) is 84.9 Å². The second-order valence-electron chi connectivity index (χ2n) is 10.5. The van der Waals surface area contributed by atoms with Crippen molar-refractivity contribution < 1.29 is 0 Å². The van der Waals surface area contributed by atoms with Crippen LogP contribution in [0.3, 0.4) is 0 Å². The summed E-state index contributed by atoms with van der Waals surface area (Å²) in [5, 5.41) is 7.56. The van der Waals surface area contributed by atoms with E-state index in [9.17, 15) is 0 Å². The fraction of sp³-hybridized carbons (Fsp3) is 0.0270. The van der Waals surface area contributed by atoms with Crippen LogP contribution in [0, 0.1) is 0 Å². The van der Waals surface area contributed by atoms with Gasteiger partial charge in [0, 0.05) is 32.9 Å². The van der Waals surface area contributed by atoms with Gasteiger partial charge < -0.3 is 9.13 Å². The Morgan fingerprint density at radius 1 is 0.462 bits per heavy atom. The van der Waals surface area contributed by atoms with Crippen molar-refractivity contribution in [1.29, 1.82) is 0 Å². The first-order valence-corrected chi connectivity index (χ1v) is 13.4. The van der Waals surface area contributed by atoms with Crippen molar-refractivity contribution >= 4 is 60.0 Å². The van der Waals surface area contributed by atoms with Crippen LogP contribution in [0.1, 0.15) is 12.5 Å². The highest BCUT2D eigenvalue weighted by atomic mass is 15.0. The lowest BCUT2D eigenvalue weighted by molar-refractivity contribution is 1.16. The second kappa shape index (κ2) is 8.21. The van der Waals surface area contributed by atoms with Crippen molar-refractivity contribution in [3.8, 4) is 11.4 Å². The van der Waals surface area contributed by atoms with Gasteiger partial charge in [-0.15, -0.1) is 0 Å². The van der Waals surface area contributed by atoms with Crippen molar-refractivity contribution in [1.82, 2.24) is 9.13 Å². The summed E-state index contributed by atoms with van der Waals surface area (Å²) in [5.74, 6) is 0. The molecule has 8 aromatic rings. The summed E-state index contributed by atoms with van der Waals surface area (Å²) in [6, 6.07) is 46.4. The van der Waals surface area contributed by atoms with Crippen LogP contribution >= 0.6 is 0 Å². The standard InChI is InChI=1S/C37H26N2/c1-24(2)25-15-17-28(18-16-25)38-36-20-19-29(23-33(36)32-21-26-9-3-4-10-27(26)22-37(32)38)39-34-13-7-5-11-30(34)31-12-6-8-14-35(31)39/h3-23H,1H2,2H3. The monoisotopic (exact) mass is 498 g/mol. The predicted octanol–water partition coefficient (Wildman–Crippen LogP) is 10.1. The highest BCUT2D eigenvalue weighted by Gasteiger charge is 2.17. The topological polar surface area (TPSA) is 9.86 Å². The first-order valence-electron chi connectivity index (χ1n) is 13.4. The van der Waals surface area contributed by atoms with Gasteiger partial charge in [-0.3, -0.25) is 0 Å². The third kappa shape index (κ3) is 3.22. The van der Waals surface area contributed by atoms with Crippen molar-refractivity contribution in [2.75, 3.05) is 0 Å². The van der Waals surface area contributed by atoms with Gasteiger partial charge in [0.15, 0.2) is 0 Å². The lowest BCUT2D eigenvalue weighted by Gasteiger charge is -2.11. The minimum atomic E-state index is 1.07. The molecular weight excluding hydrogens is 472 g/mol. The number of allylic oxidation sites excluding steroid dienone is 1. The molecule has 6 aromatic carbocycles. The van der Waals surface area contributed by atoms with Crippen LogP contribution in [0.2, 0.25) is 0 Å². The van der Waals surface area contributed by atoms with Gasteiger partial charge in [0.05, 0.1) is 22.1 Å². The molecule has 0 bridgehead atoms. The molecule has 0 amide bonds. The lowest BCUT2D eigenvalue weighted by Crippen LogP contribution is -1.96. The Bertz CT molecular complexity index is 2190. The summed E-state index contributed by atoms with van der Waals surface area (Å²) in [5.41, 5.74) is 9.43. The fourth-order valence-electron chi connectivity index (χ4n) is 6.21. The van der Waals surface area contributed by atoms with Crippen LogP contribution in [0.5, 0.6) is 0 Å². The molecule has 0 aliphatic rings. The van der Waals surface area contributed by atoms with Crippen LogP contribution in [-0.2, 0) is 0 Å². The molecule has 0 aliphatic heterocycles. The zero-order valence-corrected chi connectivity index (χ0v) is 21.7. The van der Waals surface area contributed by atoms with Crippen molar-refractivity contribution in [2.45, 2.75) is 6.92 Å². The minimum Gasteiger partial charge on any atom is -0.309 e. The van der Waals surface area contributed by atoms with E-state index in [0.717, 1.165) is 11.3 Å². The summed E-state index contributed by atoms with van der Waals surface area (Å²) in [6.07, 6.45) is 0. The number of nitrogens with zero attached hydrogens (tertiary/aromatic N) is 2. The first-order chi connectivity index (χ1) is 19.2. The average Bonchev–Trinajstić information content (AvgIpc) is 3.48. The van der Waals surface area contributed by atoms with Gasteiger partial charge in [-0.05, 0) is 77.9 Å². The number of aromatic nitrogens is 2. The summed E-state index contributed by atoms with van der Waals surface area (Å²) in [7, 11) is 0. The number of benzene rings is 6. The van der Waals surface area contributed by atoms with E-state index < -0.39 is 0 Å². The van der Waals surface area contributed by atoms with Crippen molar-refractivity contribution in [3.05, 3.63) is 140 Å². The second-order valence-corrected chi connectivity index (χ2v) is 10.5. The molecule has 39 heavy (non-hydrogen) atoms. The van der Waals surface area contributed by atoms with Crippen LogP contribution in [0.25, 0.3) is 71.3 Å². The summed E-state index contributed by atoms with van der Waals surface area (Å²) in [6.45, 7) is 6.17. The van der Waals surface area contributed by atoms with Crippen molar-refractivity contribution in [2.24, 2.45) is 0 Å². The molecule has 8 rings (SSSR count). The number of para-hydroxylation sites is 2. The molecule has 2 nitrogen and oxygen atoms in total. The third-order valence-corrected chi connectivity index (χ3v) is 8.07. The molecule has 2 aromatic heterocycles. The Morgan fingerprint density at radius 2 is 0.974 bits per heavy atom. The first kappa shape index (κ1) is 22.0. The molecule has 0 saturated carbocycles. The van der Waals surface area contributed by atoms with Gasteiger partial charge in [-0.2, -0.15) is 0 Å². The van der Waals surface area contributed by atoms with E-state index in [1.165, 1.54) is 65.6 Å². The third-order valence-electron chi connectivity index (χ3n) is 8.07. The number of hydrogen-bond donors (Lipinski definition) is 0. The van der Waals surface area contributed by atoms with E-state index in [1.807, 2.05) is 0 Å². The molecule has 0 atom stereocenters. The summed E-state index contributed by atoms with van der Waals surface area (Å²) >= 11 is 0. The number of fused-ring (bicyclic) bond motifs is 7. The minimum absolute atomic E-state index is 1.07. The molecule has 184 valence electrons. The molecule has 0 N–H and O–H groups in total. The molecule has 0 fully saturated rings. The van der Waals surface area contributed by atoms with Crippen LogP contribution < -0.4 is 0 Å². The molecule has 0 unspecified atom stereocenters. The van der Waals surface area contributed by atoms with E-state index in [-0.39, 0.29) is 0 Å². The Kier molecular flexibility index (Phi) is 4.62. The molecule has 2 heteroatoms. The fourth-order valence-corrected chi connectivity index (χ4v) is 6.21. The largest absolute Gasteiger partial charge is 0.309 e. The summed E-state index contributed by atoms with van der Waals surface area (Å²) in [4.78, 5) is 0. The van der Waals surface area contributed by atoms with Gasteiger partial charge in [-0.25, -0.2) is 0 Å². The van der Waals surface area contributed by atoms with E-state index in [4.69, 9.17) is 0 Å². The Hall–Kier alpha value is -5.08. The number of rotatable bonds is 3. The van der Waals surface area contributed by atoms with E-state index in [2.05, 4.69) is 150 Å². The molecular formula is C37H26N2. The molecule has 0 radical (unpaired) electrons. The smallest absolute Gasteiger partial charge is 0.0547 e. The van der Waals surface area contributed by atoms with E-state index in [0.29, 0.717) is 0 Å². The van der Waals surface area contributed by atoms with Crippen LogP contribution in [-0.4, -0.2) is 9.13 Å². The quantitative estimate of drug-likeness (QED) is 0.229. The highest BCUT2D eigenvalue weighted by molar-refractivity contribution is 6.15. The maximum absolute atomic E-state index is 4.12. The van der Waals surface area contributed by atoms with Gasteiger partial charge in [0.2, 0.25) is 0 Å². The maximum Gasteiger partial charge on any atom is 0.0547 e. The van der Waals surface area contributed by atoms with Crippen molar-refractivity contribution in [3.63, 3.8) is 0 Å². The summed E-state index contributed by atoms with van der Waals surface area (Å²) < 4.78 is 4.80. The normalized spacial score (nSPS) is 11.8. The predicted molar refractivity (Wildman–Crippen MR) is 167 cm³/mol. The Morgan fingerprint density at radius 3 is 1.64 bits per heavy atom.